The maximum atomic E-state index is 2.68. The van der Waals surface area contributed by atoms with Crippen LogP contribution in [0.25, 0.3) is 0 Å². The first-order valence-corrected chi connectivity index (χ1v) is 65.2. The lowest BCUT2D eigenvalue weighted by atomic mass is 9.38. The van der Waals surface area contributed by atoms with E-state index in [0.29, 0.717) is 65.5 Å². The quantitative estimate of drug-likeness (QED) is 0.107. The molecule has 0 spiro atoms. The molecule has 0 saturated heterocycles. The van der Waals surface area contributed by atoms with Crippen molar-refractivity contribution in [2.75, 3.05) is 0 Å². The number of hydrogen-bond acceptors (Lipinski definition) is 0. The Hall–Kier alpha value is -0.780. The average Bonchev–Trinajstić information content (AvgIpc) is 1.36. The van der Waals surface area contributed by atoms with Gasteiger partial charge in [-0.3, -0.25) is 0 Å². The standard InChI is InChI=1S/C23H44.2C22H40.C21H38.C20H38.2C19H36/c1-14(2)17-15-12-13-16(18(17)21(3,4)5)20(23(9,10)11)19(15)22(6,7)8;1-14(2)17-13-16-11-12-22(17,15(3)4)19(21(8,9)10)18(16)20(5,6)7;1-13(2)17-15-11-12-16(19(17)21(5,6)7)20(22(8,9)10)18(15)14(3)4;1-12(2)17-15-10-11-16(18(17)13(3)4)20(21(7,8)9)19(15)14(5)6;1-12(2)17-11-16-9-10-20(17,15(7)8)19(14(5)6)18(16)13(3)4;1-11(2)16-9-15-10-19(16,14(7)8)18(13(5)6)17(15)12(3)4;1-10(2)16-14-9-15(17(16)11(3)4)19(13(7)8)18(14)12(5)6/h14-20H,12-13H2,1-11H3;11-12,14-19H,13H2,1-10H3;11-20H,1-10H3;10-20H,1-9H3;12-19H,9-11H2,1-8H3;11-18H,9-10H2,1-8H3;10-19H,9H2,1-8H3. The van der Waals surface area contributed by atoms with E-state index in [1.54, 1.807) is 0 Å². The molecule has 13 fully saturated rings. The Balaban J connectivity index is 0.000000208. The number of rotatable bonds is 20. The Bertz CT molecular complexity index is 3890. The van der Waals surface area contributed by atoms with Gasteiger partial charge in [0.1, 0.15) is 0 Å². The summed E-state index contributed by atoms with van der Waals surface area (Å²) in [6.45, 7) is 159. The number of hydrogen-bond donors (Lipinski definition) is 0. The molecule has 19 aliphatic carbocycles. The molecule has 19 aliphatic rings. The first-order chi connectivity index (χ1) is 66.2. The smallest absolute Gasteiger partial charge is 0.00280 e. The molecule has 14 bridgehead atoms. The van der Waals surface area contributed by atoms with Gasteiger partial charge in [0.2, 0.25) is 0 Å². The normalized spacial score (nSPS) is 40.4. The molecule has 13 saturated carbocycles. The molecule has 0 aromatic heterocycles. The Kier molecular flexibility index (Phi) is 42.9. The fraction of sp³-hybridized carbons (Fsp3) is 0.959. The molecule has 0 heteroatoms. The van der Waals surface area contributed by atoms with Gasteiger partial charge in [0, 0.05) is 0 Å². The molecule has 35 atom stereocenters. The van der Waals surface area contributed by atoms with Gasteiger partial charge < -0.3 is 0 Å². The maximum absolute atomic E-state index is 2.68. The highest BCUT2D eigenvalue weighted by Crippen LogP contribution is 2.76. The summed E-state index contributed by atoms with van der Waals surface area (Å²) in [5, 5.41) is 0. The Morgan fingerprint density at radius 3 is 0.801 bits per heavy atom. The second-order valence-corrected chi connectivity index (χ2v) is 71.3. The van der Waals surface area contributed by atoms with Crippen LogP contribution < -0.4 is 0 Å². The Labute approximate surface area is 922 Å². The van der Waals surface area contributed by atoms with Crippen molar-refractivity contribution < 1.29 is 0 Å². The highest BCUT2D eigenvalue weighted by atomic mass is 14.7. The minimum atomic E-state index is 0.360. The molecule has 0 aromatic carbocycles. The van der Waals surface area contributed by atoms with Crippen LogP contribution in [-0.2, 0) is 0 Å². The summed E-state index contributed by atoms with van der Waals surface area (Å²) in [7, 11) is 0. The van der Waals surface area contributed by atoms with Crippen molar-refractivity contribution in [3.05, 3.63) is 36.5 Å². The van der Waals surface area contributed by atoms with Crippen LogP contribution in [0.3, 0.4) is 0 Å². The van der Waals surface area contributed by atoms with Crippen molar-refractivity contribution in [3.63, 3.8) is 0 Å². The van der Waals surface area contributed by atoms with Gasteiger partial charge in [0.15, 0.2) is 0 Å². The molecule has 146 heavy (non-hydrogen) atoms. The van der Waals surface area contributed by atoms with Crippen molar-refractivity contribution in [3.8, 4) is 0 Å². The van der Waals surface area contributed by atoms with E-state index in [1.165, 1.54) is 57.8 Å². The molecule has 856 valence electrons. The van der Waals surface area contributed by atoms with Gasteiger partial charge in [-0.25, -0.2) is 0 Å². The van der Waals surface area contributed by atoms with Gasteiger partial charge in [-0.15, -0.1) is 0 Å². The van der Waals surface area contributed by atoms with Gasteiger partial charge in [-0.2, -0.15) is 0 Å². The maximum Gasteiger partial charge on any atom is -0.00280 e. The minimum absolute atomic E-state index is 0.360. The molecular formula is C146H272. The first kappa shape index (κ1) is 130. The monoisotopic (exact) mass is 2030 g/mol. The summed E-state index contributed by atoms with van der Waals surface area (Å²) in [5.74, 6) is 48.9. The molecule has 0 heterocycles. The highest BCUT2D eigenvalue weighted by Gasteiger charge is 2.70. The Morgan fingerprint density at radius 1 is 0.199 bits per heavy atom. The molecule has 0 nitrogen and oxygen atoms in total. The van der Waals surface area contributed by atoms with E-state index in [0.717, 1.165) is 325 Å². The van der Waals surface area contributed by atoms with Gasteiger partial charge in [-0.05, 0) is 449 Å². The van der Waals surface area contributed by atoms with E-state index < -0.39 is 0 Å². The SMILES string of the molecule is CC(C)C1C2C=CC(C1C(C)(C)C)C(C(C)(C)C)C2C(C)C.CC(C)C1C2C=CC(C1C(C)C)C(C(C)(C)C)C2C(C)C.CC(C)C1C2CC(C(C)C)C(C(C)C)(C2)C1C(C)C.CC(C)C1C2CC(C1C(C)C)C(C(C)C)C2C(C)C.CC(C)C1C2CCC(C(C)C)(C(C(C)C)C2)C1C(C)C.CC(C)C1C2CCC(C1C(C)(C)C)C(C(C)(C)C)C2C(C)(C)C.CC(C)C1CC2C=CC1(C(C)C)C(C(C)(C)C)C2C(C)(C)C. The van der Waals surface area contributed by atoms with Crippen LogP contribution in [-0.4, -0.2) is 0 Å². The number of fused-ring (bicyclic) bond motifs is 16. The first-order valence-electron chi connectivity index (χ1n) is 65.2. The molecule has 0 radical (unpaired) electrons. The van der Waals surface area contributed by atoms with Crippen LogP contribution in [0.5, 0.6) is 0 Å². The second kappa shape index (κ2) is 48.0. The lowest BCUT2D eigenvalue weighted by Gasteiger charge is -2.67. The molecular weight excluding hydrogens is 1750 g/mol. The van der Waals surface area contributed by atoms with Crippen LogP contribution in [0.15, 0.2) is 36.5 Å². The summed E-state index contributed by atoms with van der Waals surface area (Å²) in [6, 6.07) is 0. The van der Waals surface area contributed by atoms with Gasteiger partial charge in [0.05, 0.1) is 0 Å². The zero-order chi connectivity index (χ0) is 112. The van der Waals surface area contributed by atoms with Crippen molar-refractivity contribution >= 4 is 0 Å². The van der Waals surface area contributed by atoms with Gasteiger partial charge >= 0.3 is 0 Å². The van der Waals surface area contributed by atoms with E-state index in [1.807, 2.05) is 0 Å². The fourth-order valence-corrected chi connectivity index (χ4v) is 45.5. The van der Waals surface area contributed by atoms with Crippen LogP contribution in [0.4, 0.5) is 0 Å². The van der Waals surface area contributed by atoms with Gasteiger partial charge in [0.25, 0.3) is 0 Å². The van der Waals surface area contributed by atoms with E-state index in [-0.39, 0.29) is 0 Å². The summed E-state index contributed by atoms with van der Waals surface area (Å²) in [5.41, 5.74) is 4.87. The van der Waals surface area contributed by atoms with Crippen LogP contribution in [0, 0.1) is 391 Å². The van der Waals surface area contributed by atoms with Crippen molar-refractivity contribution in [1.82, 2.24) is 0 Å². The zero-order valence-electron chi connectivity index (χ0n) is 112. The van der Waals surface area contributed by atoms with Crippen LogP contribution in [0.2, 0.25) is 0 Å². The second-order valence-electron chi connectivity index (χ2n) is 71.3. The summed E-state index contributed by atoms with van der Waals surface area (Å²) < 4.78 is 0. The third-order valence-corrected chi connectivity index (χ3v) is 47.7. The fourth-order valence-electron chi connectivity index (χ4n) is 45.5. The largest absolute Gasteiger partial charge is 0.0845 e. The number of allylic oxidation sites excluding steroid dienone is 6. The molecule has 0 N–H and O–H groups in total. The topological polar surface area (TPSA) is 0 Å². The Morgan fingerprint density at radius 2 is 0.486 bits per heavy atom. The van der Waals surface area contributed by atoms with Crippen LogP contribution >= 0.6 is 0 Å². The van der Waals surface area contributed by atoms with E-state index in [4.69, 9.17) is 0 Å². The van der Waals surface area contributed by atoms with Crippen molar-refractivity contribution in [1.29, 1.82) is 0 Å². The third kappa shape index (κ3) is 25.5. The lowest BCUT2D eigenvalue weighted by molar-refractivity contribution is -0.185. The summed E-state index contributed by atoms with van der Waals surface area (Å²) in [6.07, 6.45) is 29.2. The highest BCUT2D eigenvalue weighted by molar-refractivity contribution is 5.26. The average molecular weight is 2030 g/mol. The predicted octanol–water partition coefficient (Wildman–Crippen LogP) is 44.9. The summed E-state index contributed by atoms with van der Waals surface area (Å²) in [4.78, 5) is 0. The van der Waals surface area contributed by atoms with E-state index in [9.17, 15) is 0 Å². The zero-order valence-corrected chi connectivity index (χ0v) is 112. The molecule has 35 unspecified atom stereocenters. The van der Waals surface area contributed by atoms with Crippen molar-refractivity contribution in [2.45, 2.75) is 501 Å². The molecule has 0 amide bonds. The minimum Gasteiger partial charge on any atom is -0.0845 e. The molecule has 0 aliphatic heterocycles. The van der Waals surface area contributed by atoms with Crippen molar-refractivity contribution in [2.24, 2.45) is 391 Å². The molecule has 19 rings (SSSR count). The van der Waals surface area contributed by atoms with E-state index >= 15 is 0 Å². The lowest BCUT2D eigenvalue weighted by Crippen LogP contribution is -2.61. The van der Waals surface area contributed by atoms with E-state index in [2.05, 4.69) is 480 Å². The third-order valence-electron chi connectivity index (χ3n) is 47.7. The molecule has 0 aromatic rings. The van der Waals surface area contributed by atoms with Gasteiger partial charge in [-0.1, -0.05) is 480 Å². The van der Waals surface area contributed by atoms with Crippen LogP contribution in [0.1, 0.15) is 501 Å². The summed E-state index contributed by atoms with van der Waals surface area (Å²) >= 11 is 0. The predicted molar refractivity (Wildman–Crippen MR) is 654 cm³/mol.